The first-order valence-electron chi connectivity index (χ1n) is 11.1. The first-order valence-corrected chi connectivity index (χ1v) is 11.1. The maximum absolute atomic E-state index is 12.9. The Morgan fingerprint density at radius 1 is 0.973 bits per heavy atom. The largest absolute Gasteiger partial charge is 0.504 e. The molecule has 0 unspecified atom stereocenters. The molecule has 0 aromatic heterocycles. The van der Waals surface area contributed by atoms with Gasteiger partial charge in [-0.25, -0.2) is 10.3 Å². The van der Waals surface area contributed by atoms with E-state index in [1.165, 1.54) is 37.7 Å². The number of rotatable bonds is 10. The molecule has 0 spiro atoms. The van der Waals surface area contributed by atoms with Gasteiger partial charge in [0.1, 0.15) is 5.75 Å². The lowest BCUT2D eigenvalue weighted by atomic mass is 10.0. The normalized spacial score (nSPS) is 12.3. The van der Waals surface area contributed by atoms with E-state index in [2.05, 4.69) is 5.32 Å². The number of amides is 2. The molecule has 10 nitrogen and oxygen atoms in total. The van der Waals surface area contributed by atoms with Crippen molar-refractivity contribution >= 4 is 23.5 Å². The van der Waals surface area contributed by atoms with Crippen molar-refractivity contribution in [1.29, 1.82) is 0 Å². The van der Waals surface area contributed by atoms with E-state index in [-0.39, 0.29) is 17.3 Å². The molecular formula is C27H26N2O8. The van der Waals surface area contributed by atoms with Gasteiger partial charge >= 0.3 is 6.09 Å². The molecule has 2 amide bonds. The number of para-hydroxylation sites is 1. The smallest absolute Gasteiger partial charge is 0.412 e. The number of hydrogen-bond acceptors (Lipinski definition) is 8. The van der Waals surface area contributed by atoms with Gasteiger partial charge in [-0.05, 0) is 61.5 Å². The molecule has 3 aromatic rings. The van der Waals surface area contributed by atoms with Crippen LogP contribution in [0.4, 0.5) is 10.5 Å². The number of nitrogens with one attached hydrogen (secondary N) is 2. The van der Waals surface area contributed by atoms with Crippen LogP contribution < -0.4 is 20.3 Å². The molecule has 0 fully saturated rings. The average Bonchev–Trinajstić information content (AvgIpc) is 2.90. The number of ketones is 1. The van der Waals surface area contributed by atoms with Crippen LogP contribution in [0.15, 0.2) is 84.9 Å². The fourth-order valence-corrected chi connectivity index (χ4v) is 3.34. The molecule has 192 valence electrons. The maximum atomic E-state index is 12.9. The van der Waals surface area contributed by atoms with Gasteiger partial charge < -0.3 is 19.3 Å². The summed E-state index contributed by atoms with van der Waals surface area (Å²) in [5.41, 5.74) is 2.68. The fourth-order valence-electron chi connectivity index (χ4n) is 3.34. The zero-order valence-electron chi connectivity index (χ0n) is 20.1. The number of hydroxylamine groups is 1. The monoisotopic (exact) mass is 506 g/mol. The highest BCUT2D eigenvalue weighted by Crippen LogP contribution is 2.33. The Labute approximate surface area is 213 Å². The molecule has 0 radical (unpaired) electrons. The van der Waals surface area contributed by atoms with Gasteiger partial charge in [-0.15, -0.1) is 0 Å². The average molecular weight is 507 g/mol. The van der Waals surface area contributed by atoms with E-state index in [4.69, 9.17) is 19.4 Å². The van der Waals surface area contributed by atoms with E-state index >= 15 is 0 Å². The lowest BCUT2D eigenvalue weighted by molar-refractivity contribution is -0.124. The number of carbonyl (C=O) groups is 3. The lowest BCUT2D eigenvalue weighted by Gasteiger charge is -2.26. The summed E-state index contributed by atoms with van der Waals surface area (Å²) in [7, 11) is 1.39. The Kier molecular flexibility index (Phi) is 9.23. The Balaban J connectivity index is 1.95. The number of phenolic OH excluding ortho intramolecular Hbond substituents is 1. The van der Waals surface area contributed by atoms with Crippen molar-refractivity contribution in [2.45, 2.75) is 19.1 Å². The van der Waals surface area contributed by atoms with Crippen molar-refractivity contribution in [3.05, 3.63) is 96.1 Å². The Morgan fingerprint density at radius 2 is 1.68 bits per heavy atom. The number of carbonyl (C=O) groups excluding carboxylic acids is 3. The zero-order chi connectivity index (χ0) is 26.8. The third kappa shape index (κ3) is 7.58. The maximum Gasteiger partial charge on any atom is 0.412 e. The first-order chi connectivity index (χ1) is 17.8. The Bertz CT molecular complexity index is 1260. The highest BCUT2D eigenvalue weighted by atomic mass is 16.6. The van der Waals surface area contributed by atoms with Crippen LogP contribution in [0.5, 0.6) is 17.2 Å². The molecule has 0 aliphatic carbocycles. The minimum absolute atomic E-state index is 0.117. The first kappa shape index (κ1) is 26.8. The van der Waals surface area contributed by atoms with E-state index < -0.39 is 24.2 Å². The predicted octanol–water partition coefficient (Wildman–Crippen LogP) is 4.40. The number of aromatic hydroxyl groups is 1. The summed E-state index contributed by atoms with van der Waals surface area (Å²) in [4.78, 5) is 36.1. The molecule has 0 saturated heterocycles. The molecule has 2 atom stereocenters. The molecule has 0 aliphatic rings. The van der Waals surface area contributed by atoms with E-state index in [9.17, 15) is 19.5 Å². The molecule has 0 heterocycles. The van der Waals surface area contributed by atoms with Crippen LogP contribution in [-0.2, 0) is 9.53 Å². The Hall–Kier alpha value is -4.83. The van der Waals surface area contributed by atoms with Crippen LogP contribution in [0.2, 0.25) is 0 Å². The summed E-state index contributed by atoms with van der Waals surface area (Å²) in [5, 5.41) is 21.8. The van der Waals surface area contributed by atoms with Gasteiger partial charge in [0.05, 0.1) is 7.11 Å². The van der Waals surface area contributed by atoms with E-state index in [0.717, 1.165) is 6.08 Å². The summed E-state index contributed by atoms with van der Waals surface area (Å²) in [6, 6.07) is 19.2. The van der Waals surface area contributed by atoms with Gasteiger partial charge in [0.25, 0.3) is 5.91 Å². The highest BCUT2D eigenvalue weighted by Gasteiger charge is 2.29. The zero-order valence-corrected chi connectivity index (χ0v) is 20.1. The summed E-state index contributed by atoms with van der Waals surface area (Å²) >= 11 is 0. The minimum Gasteiger partial charge on any atom is -0.504 e. The summed E-state index contributed by atoms with van der Waals surface area (Å²) in [6.07, 6.45) is -0.780. The summed E-state index contributed by atoms with van der Waals surface area (Å²) in [6.45, 7) is 1.43. The number of methoxy groups -OCH3 is 1. The van der Waals surface area contributed by atoms with Gasteiger partial charge in [0, 0.05) is 22.9 Å². The number of anilines is 1. The molecule has 0 saturated carbocycles. The van der Waals surface area contributed by atoms with Crippen LogP contribution in [-0.4, -0.2) is 41.3 Å². The molecule has 0 aliphatic heterocycles. The highest BCUT2D eigenvalue weighted by molar-refractivity contribution is 5.95. The van der Waals surface area contributed by atoms with Crippen molar-refractivity contribution in [1.82, 2.24) is 5.48 Å². The number of ether oxygens (including phenoxy) is 3. The van der Waals surface area contributed by atoms with Crippen molar-refractivity contribution in [2.24, 2.45) is 0 Å². The second kappa shape index (κ2) is 12.8. The molecule has 3 rings (SSSR count). The van der Waals surface area contributed by atoms with Crippen molar-refractivity contribution in [3.63, 3.8) is 0 Å². The third-order valence-corrected chi connectivity index (χ3v) is 5.16. The van der Waals surface area contributed by atoms with Gasteiger partial charge in [-0.2, -0.15) is 0 Å². The third-order valence-electron chi connectivity index (χ3n) is 5.16. The minimum atomic E-state index is -1.17. The molecule has 4 N–H and O–H groups in total. The number of benzene rings is 3. The standard InChI is InChI=1S/C27H26N2O8/c1-17(30)18-8-11-20(12-9-18)28-27(33)37-26(19-10-13-23(35-2)22(31)16-19)24(14-15-25(32)29-34)36-21-6-4-3-5-7-21/h3-16,24,26,31,34H,1-2H3,(H,28,33)(H,29,32)/b15-14+/t24-,26-/m1/s1. The van der Waals surface area contributed by atoms with Crippen LogP contribution in [0, 0.1) is 0 Å². The van der Waals surface area contributed by atoms with E-state index in [1.807, 2.05) is 0 Å². The number of phenols is 1. The summed E-state index contributed by atoms with van der Waals surface area (Å²) in [5.74, 6) is -0.535. The van der Waals surface area contributed by atoms with Crippen molar-refractivity contribution < 1.29 is 38.9 Å². The second-order valence-corrected chi connectivity index (χ2v) is 7.75. The molecule has 0 bridgehead atoms. The summed E-state index contributed by atoms with van der Waals surface area (Å²) < 4.78 is 16.8. The van der Waals surface area contributed by atoms with Crippen LogP contribution in [0.25, 0.3) is 0 Å². The van der Waals surface area contributed by atoms with Gasteiger partial charge in [0.15, 0.2) is 29.5 Å². The van der Waals surface area contributed by atoms with Gasteiger partial charge in [-0.3, -0.25) is 20.1 Å². The van der Waals surface area contributed by atoms with Crippen LogP contribution in [0.1, 0.15) is 28.9 Å². The van der Waals surface area contributed by atoms with Gasteiger partial charge in [-0.1, -0.05) is 24.3 Å². The van der Waals surface area contributed by atoms with Crippen molar-refractivity contribution in [2.75, 3.05) is 12.4 Å². The fraction of sp³-hybridized carbons (Fsp3) is 0.148. The molecule has 3 aromatic carbocycles. The Morgan fingerprint density at radius 3 is 2.27 bits per heavy atom. The number of Topliss-reactive ketones (excluding diaryl/α,β-unsaturated/α-hetero) is 1. The number of hydrogen-bond donors (Lipinski definition) is 4. The van der Waals surface area contributed by atoms with Crippen LogP contribution in [0.3, 0.4) is 0 Å². The van der Waals surface area contributed by atoms with Gasteiger partial charge in [0.2, 0.25) is 0 Å². The topological polar surface area (TPSA) is 143 Å². The van der Waals surface area contributed by atoms with Crippen LogP contribution >= 0.6 is 0 Å². The van der Waals surface area contributed by atoms with E-state index in [1.54, 1.807) is 60.7 Å². The van der Waals surface area contributed by atoms with Crippen molar-refractivity contribution in [3.8, 4) is 17.2 Å². The lowest BCUT2D eigenvalue weighted by Crippen LogP contribution is -2.30. The quantitative estimate of drug-likeness (QED) is 0.137. The SMILES string of the molecule is COc1ccc([C@@H](OC(=O)Nc2ccc(C(C)=O)cc2)[C@@H](/C=C/C(=O)NO)Oc2ccccc2)cc1O. The molecule has 10 heteroatoms. The van der Waals surface area contributed by atoms with E-state index in [0.29, 0.717) is 22.6 Å². The predicted molar refractivity (Wildman–Crippen MR) is 134 cm³/mol. The molecular weight excluding hydrogens is 480 g/mol. The second-order valence-electron chi connectivity index (χ2n) is 7.75. The molecule has 37 heavy (non-hydrogen) atoms.